The summed E-state index contributed by atoms with van der Waals surface area (Å²) in [7, 11) is 0. The van der Waals surface area contributed by atoms with Gasteiger partial charge >= 0.3 is 17.9 Å². The van der Waals surface area contributed by atoms with E-state index in [0.717, 1.165) is 57.8 Å². The molecular weight excluding hydrogens is 853 g/mol. The van der Waals surface area contributed by atoms with Gasteiger partial charge in [0.1, 0.15) is 13.2 Å². The summed E-state index contributed by atoms with van der Waals surface area (Å²) in [6, 6.07) is 0. The summed E-state index contributed by atoms with van der Waals surface area (Å²) in [6.45, 7) is 6.71. The highest BCUT2D eigenvalue weighted by Gasteiger charge is 2.19. The van der Waals surface area contributed by atoms with Crippen LogP contribution in [0.25, 0.3) is 0 Å². The Hall–Kier alpha value is -1.85. The number of hydrogen-bond donors (Lipinski definition) is 0. The van der Waals surface area contributed by atoms with Crippen LogP contribution in [-0.4, -0.2) is 37.2 Å². The molecule has 0 aliphatic heterocycles. The quantitative estimate of drug-likeness (QED) is 0.0261. The molecule has 0 fully saturated rings. The molecular formula is C63H120O6. The first-order valence-corrected chi connectivity index (χ1v) is 31.2. The van der Waals surface area contributed by atoms with Gasteiger partial charge in [-0.3, -0.25) is 14.4 Å². The van der Waals surface area contributed by atoms with Crippen molar-refractivity contribution in [2.24, 2.45) is 0 Å². The number of hydrogen-bond acceptors (Lipinski definition) is 6. The predicted molar refractivity (Wildman–Crippen MR) is 298 cm³/mol. The van der Waals surface area contributed by atoms with Crippen molar-refractivity contribution in [3.05, 3.63) is 12.2 Å². The maximum absolute atomic E-state index is 12.9. The molecule has 0 saturated heterocycles. The molecule has 6 heteroatoms. The van der Waals surface area contributed by atoms with E-state index >= 15 is 0 Å². The number of carbonyl (C=O) groups excluding carboxylic acids is 3. The standard InChI is InChI=1S/C63H120O6/c1-4-7-10-13-16-19-22-25-28-30-31-33-35-38-41-44-47-50-53-56-62(65)68-59-60(58-67-61(64)55-52-49-46-43-40-37-34-27-24-21-18-15-12-9-6-3)69-63(66)57-54-51-48-45-42-39-36-32-29-26-23-20-17-14-11-8-5-2/h26,29,60H,4-25,27-28,30-59H2,1-3H3/b29-26-. The number of esters is 3. The Labute approximate surface area is 431 Å². The van der Waals surface area contributed by atoms with Crippen LogP contribution >= 0.6 is 0 Å². The van der Waals surface area contributed by atoms with Crippen LogP contribution in [0.2, 0.25) is 0 Å². The minimum Gasteiger partial charge on any atom is -0.462 e. The molecule has 0 rings (SSSR count). The van der Waals surface area contributed by atoms with E-state index in [0.29, 0.717) is 19.3 Å². The Morgan fingerprint density at radius 1 is 0.275 bits per heavy atom. The molecule has 69 heavy (non-hydrogen) atoms. The van der Waals surface area contributed by atoms with Crippen LogP contribution in [0.1, 0.15) is 355 Å². The number of allylic oxidation sites excluding steroid dienone is 2. The molecule has 0 radical (unpaired) electrons. The van der Waals surface area contributed by atoms with Crippen molar-refractivity contribution in [2.75, 3.05) is 13.2 Å². The second kappa shape index (κ2) is 58.7. The lowest BCUT2D eigenvalue weighted by atomic mass is 10.0. The Kier molecular flexibility index (Phi) is 57.1. The molecule has 0 saturated carbocycles. The molecule has 0 aromatic heterocycles. The van der Waals surface area contributed by atoms with Gasteiger partial charge in [0.2, 0.25) is 0 Å². The number of carbonyl (C=O) groups is 3. The molecule has 0 aliphatic rings. The lowest BCUT2D eigenvalue weighted by molar-refractivity contribution is -0.167. The smallest absolute Gasteiger partial charge is 0.306 e. The van der Waals surface area contributed by atoms with Crippen LogP contribution < -0.4 is 0 Å². The van der Waals surface area contributed by atoms with Crippen molar-refractivity contribution in [1.29, 1.82) is 0 Å². The SMILES string of the molecule is CCCCCCCC/C=C\CCCCCCCCCC(=O)OC(COC(=O)CCCCCCCCCCCCCCCCC)COC(=O)CCCCCCCCCCCCCCCCCCCCC. The van der Waals surface area contributed by atoms with Gasteiger partial charge < -0.3 is 14.2 Å². The van der Waals surface area contributed by atoms with Crippen LogP contribution in [0.3, 0.4) is 0 Å². The molecule has 408 valence electrons. The van der Waals surface area contributed by atoms with Crippen molar-refractivity contribution in [3.8, 4) is 0 Å². The van der Waals surface area contributed by atoms with Gasteiger partial charge in [0.05, 0.1) is 0 Å². The highest BCUT2D eigenvalue weighted by Crippen LogP contribution is 2.18. The molecule has 1 unspecified atom stereocenters. The maximum Gasteiger partial charge on any atom is 0.306 e. The van der Waals surface area contributed by atoms with Crippen LogP contribution in [-0.2, 0) is 28.6 Å². The van der Waals surface area contributed by atoms with Gasteiger partial charge in [-0.1, -0.05) is 303 Å². The monoisotopic (exact) mass is 973 g/mol. The third kappa shape index (κ3) is 56.9. The Balaban J connectivity index is 4.30. The summed E-state index contributed by atoms with van der Waals surface area (Å²) in [6.07, 6.45) is 67.8. The molecule has 6 nitrogen and oxygen atoms in total. The summed E-state index contributed by atoms with van der Waals surface area (Å²) in [5.41, 5.74) is 0. The summed E-state index contributed by atoms with van der Waals surface area (Å²) < 4.78 is 16.9. The van der Waals surface area contributed by atoms with Crippen molar-refractivity contribution >= 4 is 17.9 Å². The lowest BCUT2D eigenvalue weighted by Gasteiger charge is -2.18. The summed E-state index contributed by atoms with van der Waals surface area (Å²) in [5, 5.41) is 0. The predicted octanol–water partition coefficient (Wildman–Crippen LogP) is 20.9. The first-order valence-electron chi connectivity index (χ1n) is 31.2. The zero-order chi connectivity index (χ0) is 50.0. The van der Waals surface area contributed by atoms with Gasteiger partial charge in [0, 0.05) is 19.3 Å². The highest BCUT2D eigenvalue weighted by molar-refractivity contribution is 5.71. The van der Waals surface area contributed by atoms with Crippen LogP contribution in [0, 0.1) is 0 Å². The van der Waals surface area contributed by atoms with Crippen LogP contribution in [0.15, 0.2) is 12.2 Å². The van der Waals surface area contributed by atoms with Crippen molar-refractivity contribution in [2.45, 2.75) is 361 Å². The van der Waals surface area contributed by atoms with Gasteiger partial charge in [-0.15, -0.1) is 0 Å². The highest BCUT2D eigenvalue weighted by atomic mass is 16.6. The maximum atomic E-state index is 12.9. The van der Waals surface area contributed by atoms with E-state index in [1.165, 1.54) is 257 Å². The van der Waals surface area contributed by atoms with E-state index in [4.69, 9.17) is 14.2 Å². The largest absolute Gasteiger partial charge is 0.462 e. The molecule has 0 N–H and O–H groups in total. The first kappa shape index (κ1) is 67.1. The van der Waals surface area contributed by atoms with Crippen molar-refractivity contribution in [3.63, 3.8) is 0 Å². The Bertz CT molecular complexity index is 1070. The van der Waals surface area contributed by atoms with E-state index in [9.17, 15) is 14.4 Å². The third-order valence-corrected chi connectivity index (χ3v) is 14.3. The lowest BCUT2D eigenvalue weighted by Crippen LogP contribution is -2.30. The van der Waals surface area contributed by atoms with E-state index in [2.05, 4.69) is 32.9 Å². The molecule has 0 aromatic rings. The second-order valence-electron chi connectivity index (χ2n) is 21.3. The third-order valence-electron chi connectivity index (χ3n) is 14.3. The summed E-state index contributed by atoms with van der Waals surface area (Å²) in [4.78, 5) is 38.3. The van der Waals surface area contributed by atoms with Crippen LogP contribution in [0.4, 0.5) is 0 Å². The molecule has 0 aromatic carbocycles. The minimum atomic E-state index is -0.767. The Morgan fingerprint density at radius 3 is 0.725 bits per heavy atom. The van der Waals surface area contributed by atoms with Gasteiger partial charge in [0.15, 0.2) is 6.10 Å². The number of unbranched alkanes of at least 4 members (excludes halogenated alkanes) is 45. The average molecular weight is 974 g/mol. The van der Waals surface area contributed by atoms with Gasteiger partial charge in [-0.2, -0.15) is 0 Å². The van der Waals surface area contributed by atoms with E-state index in [-0.39, 0.29) is 31.1 Å². The van der Waals surface area contributed by atoms with Crippen molar-refractivity contribution in [1.82, 2.24) is 0 Å². The molecule has 0 amide bonds. The fourth-order valence-corrected chi connectivity index (χ4v) is 9.56. The Morgan fingerprint density at radius 2 is 0.478 bits per heavy atom. The fourth-order valence-electron chi connectivity index (χ4n) is 9.56. The minimum absolute atomic E-state index is 0.0653. The number of rotatable bonds is 58. The second-order valence-corrected chi connectivity index (χ2v) is 21.3. The average Bonchev–Trinajstić information content (AvgIpc) is 3.35. The molecule has 0 bridgehead atoms. The molecule has 0 spiro atoms. The van der Waals surface area contributed by atoms with Crippen molar-refractivity contribution < 1.29 is 28.6 Å². The molecule has 0 aliphatic carbocycles. The van der Waals surface area contributed by atoms with Gasteiger partial charge in [-0.25, -0.2) is 0 Å². The summed E-state index contributed by atoms with van der Waals surface area (Å²) >= 11 is 0. The van der Waals surface area contributed by atoms with Crippen LogP contribution in [0.5, 0.6) is 0 Å². The van der Waals surface area contributed by atoms with E-state index in [1.807, 2.05) is 0 Å². The zero-order valence-corrected chi connectivity index (χ0v) is 46.9. The normalized spacial score (nSPS) is 12.0. The first-order chi connectivity index (χ1) is 34.0. The van der Waals surface area contributed by atoms with Gasteiger partial charge in [-0.05, 0) is 44.9 Å². The molecule has 0 heterocycles. The topological polar surface area (TPSA) is 78.9 Å². The van der Waals surface area contributed by atoms with E-state index < -0.39 is 6.10 Å². The van der Waals surface area contributed by atoms with Gasteiger partial charge in [0.25, 0.3) is 0 Å². The zero-order valence-electron chi connectivity index (χ0n) is 46.9. The fraction of sp³-hybridized carbons (Fsp3) is 0.921. The molecule has 1 atom stereocenters. The van der Waals surface area contributed by atoms with E-state index in [1.54, 1.807) is 0 Å². The number of ether oxygens (including phenoxy) is 3. The summed E-state index contributed by atoms with van der Waals surface area (Å²) in [5.74, 6) is -0.840.